The summed E-state index contributed by atoms with van der Waals surface area (Å²) in [6.07, 6.45) is 1.01. The van der Waals surface area contributed by atoms with Gasteiger partial charge in [0.2, 0.25) is 0 Å². The van der Waals surface area contributed by atoms with Crippen molar-refractivity contribution >= 4 is 27.3 Å². The molecular formula is C25H30BrF3N4O. The average Bonchev–Trinajstić information content (AvgIpc) is 2.77. The van der Waals surface area contributed by atoms with E-state index in [0.717, 1.165) is 42.6 Å². The topological polar surface area (TPSA) is 62.5 Å². The molecule has 34 heavy (non-hydrogen) atoms. The summed E-state index contributed by atoms with van der Waals surface area (Å²) in [6.45, 7) is 0.304. The Balaban J connectivity index is 1.40. The maximum atomic E-state index is 12.8. The first-order valence-electron chi connectivity index (χ1n) is 11.4. The lowest BCUT2D eigenvalue weighted by Gasteiger charge is -2.44. The van der Waals surface area contributed by atoms with Crippen molar-refractivity contribution in [1.82, 2.24) is 10.2 Å². The van der Waals surface area contributed by atoms with Crippen LogP contribution in [-0.4, -0.2) is 37.1 Å². The number of benzene rings is 2. The van der Waals surface area contributed by atoms with E-state index in [4.69, 9.17) is 5.73 Å². The summed E-state index contributed by atoms with van der Waals surface area (Å²) in [5.74, 6) is 0.0565. The van der Waals surface area contributed by atoms with Gasteiger partial charge in [-0.1, -0.05) is 40.2 Å². The molecule has 0 saturated heterocycles. The van der Waals surface area contributed by atoms with Gasteiger partial charge in [0.25, 0.3) is 0 Å². The van der Waals surface area contributed by atoms with Crippen LogP contribution in [0, 0.1) is 5.92 Å². The predicted octanol–water partition coefficient (Wildman–Crippen LogP) is 5.68. The lowest BCUT2D eigenvalue weighted by atomic mass is 9.76. The summed E-state index contributed by atoms with van der Waals surface area (Å²) in [4.78, 5) is 2.09. The number of fused-ring (bicyclic) bond motifs is 1. The number of halogens is 4. The second kappa shape index (κ2) is 9.79. The molecule has 184 valence electrons. The molecule has 1 atom stereocenters. The molecule has 4 N–H and O–H groups in total. The summed E-state index contributed by atoms with van der Waals surface area (Å²) in [5.41, 5.74) is 10.0. The maximum Gasteiger partial charge on any atom is 0.573 e. The zero-order valence-corrected chi connectivity index (χ0v) is 20.8. The summed E-state index contributed by atoms with van der Waals surface area (Å²) in [5, 5.41) is 6.98. The smallest absolute Gasteiger partial charge is 0.405 e. The number of anilines is 1. The van der Waals surface area contributed by atoms with E-state index >= 15 is 0 Å². The van der Waals surface area contributed by atoms with E-state index in [1.54, 1.807) is 12.1 Å². The minimum atomic E-state index is -4.73. The van der Waals surface area contributed by atoms with E-state index < -0.39 is 12.0 Å². The fourth-order valence-electron chi connectivity index (χ4n) is 4.90. The zero-order chi connectivity index (χ0) is 24.5. The third-order valence-electron chi connectivity index (χ3n) is 6.65. The van der Waals surface area contributed by atoms with Crippen LogP contribution < -0.4 is 21.1 Å². The highest BCUT2D eigenvalue weighted by Crippen LogP contribution is 2.40. The Kier molecular flexibility index (Phi) is 7.17. The van der Waals surface area contributed by atoms with Crippen molar-refractivity contribution in [2.45, 2.75) is 50.3 Å². The highest BCUT2D eigenvalue weighted by Gasteiger charge is 2.39. The van der Waals surface area contributed by atoms with Gasteiger partial charge in [0.1, 0.15) is 11.4 Å². The Morgan fingerprint density at radius 3 is 2.53 bits per heavy atom. The molecule has 0 amide bonds. The van der Waals surface area contributed by atoms with Crippen LogP contribution in [0.1, 0.15) is 36.8 Å². The first kappa shape index (κ1) is 24.9. The molecule has 2 aliphatic rings. The average molecular weight is 539 g/mol. The van der Waals surface area contributed by atoms with Gasteiger partial charge in [0.05, 0.1) is 0 Å². The van der Waals surface area contributed by atoms with Crippen LogP contribution in [0.2, 0.25) is 0 Å². The molecule has 1 saturated carbocycles. The molecule has 1 fully saturated rings. The van der Waals surface area contributed by atoms with Gasteiger partial charge in [-0.3, -0.25) is 0 Å². The molecule has 2 aromatic carbocycles. The highest BCUT2D eigenvalue weighted by atomic mass is 79.9. The molecule has 0 spiro atoms. The van der Waals surface area contributed by atoms with Crippen LogP contribution in [0.15, 0.2) is 53.0 Å². The molecule has 0 radical (unpaired) electrons. The number of hydrogen-bond donors (Lipinski definition) is 3. The van der Waals surface area contributed by atoms with Crippen molar-refractivity contribution in [2.24, 2.45) is 11.7 Å². The molecule has 1 heterocycles. The number of ether oxygens (including phenoxy) is 1. The number of hydrogen-bond acceptors (Lipinski definition) is 5. The Morgan fingerprint density at radius 1 is 1.15 bits per heavy atom. The molecule has 1 aliphatic heterocycles. The van der Waals surface area contributed by atoms with Crippen LogP contribution in [0.5, 0.6) is 5.75 Å². The van der Waals surface area contributed by atoms with Crippen LogP contribution in [0.25, 0.3) is 5.70 Å². The molecule has 4 rings (SSSR count). The Hall–Kier alpha value is -2.23. The summed E-state index contributed by atoms with van der Waals surface area (Å²) < 4.78 is 43.1. The molecule has 0 bridgehead atoms. The Bertz CT molecular complexity index is 1050. The van der Waals surface area contributed by atoms with Gasteiger partial charge in [-0.05, 0) is 55.9 Å². The number of para-hydroxylation sites is 1. The van der Waals surface area contributed by atoms with E-state index in [-0.39, 0.29) is 17.7 Å². The van der Waals surface area contributed by atoms with Crippen LogP contribution >= 0.6 is 15.9 Å². The first-order valence-corrected chi connectivity index (χ1v) is 12.2. The molecule has 1 aliphatic carbocycles. The number of nitrogens with one attached hydrogen (secondary N) is 2. The number of rotatable bonds is 6. The summed E-state index contributed by atoms with van der Waals surface area (Å²) in [6, 6.07) is 13.1. The second-order valence-corrected chi connectivity index (χ2v) is 10.2. The van der Waals surface area contributed by atoms with E-state index in [2.05, 4.69) is 54.4 Å². The van der Waals surface area contributed by atoms with Crippen molar-refractivity contribution in [3.8, 4) is 5.75 Å². The minimum absolute atomic E-state index is 0.185. The number of nitrogens with zero attached hydrogens (tertiary/aromatic N) is 1. The van der Waals surface area contributed by atoms with Crippen LogP contribution in [-0.2, 0) is 6.54 Å². The Morgan fingerprint density at radius 2 is 1.85 bits per heavy atom. The molecule has 2 aromatic rings. The Labute approximate surface area is 206 Å². The van der Waals surface area contributed by atoms with Gasteiger partial charge >= 0.3 is 6.36 Å². The van der Waals surface area contributed by atoms with Crippen molar-refractivity contribution in [2.75, 3.05) is 19.4 Å². The lowest BCUT2D eigenvalue weighted by molar-refractivity contribution is -0.274. The molecule has 5 nitrogen and oxygen atoms in total. The largest absolute Gasteiger partial charge is 0.573 e. The number of alkyl halides is 3. The van der Waals surface area contributed by atoms with E-state index in [0.29, 0.717) is 16.6 Å². The molecular weight excluding hydrogens is 509 g/mol. The zero-order valence-electron chi connectivity index (χ0n) is 19.3. The van der Waals surface area contributed by atoms with Gasteiger partial charge in [0, 0.05) is 53.7 Å². The number of nitrogens with two attached hydrogens (primary N) is 1. The van der Waals surface area contributed by atoms with E-state index in [1.165, 1.54) is 6.07 Å². The lowest BCUT2D eigenvalue weighted by Crippen LogP contribution is -2.56. The van der Waals surface area contributed by atoms with E-state index in [1.807, 2.05) is 26.2 Å². The summed E-state index contributed by atoms with van der Waals surface area (Å²) >= 11 is 3.21. The molecule has 9 heteroatoms. The fourth-order valence-corrected chi connectivity index (χ4v) is 5.24. The predicted molar refractivity (Wildman–Crippen MR) is 132 cm³/mol. The SMILES string of the molecule is CN(C)C1=CC(N)(C2CCC(NCc3ccc(Br)cc3OC(F)(F)F)CC2)Nc2ccccc21. The standard InChI is InChI=1S/C25H30BrF3N4O/c1-33(2)22-14-24(30,32-21-6-4-3-5-20(21)22)17-8-11-19(12-9-17)31-15-16-7-10-18(26)13-23(16)34-25(27,28)29/h3-7,10,13-14,17,19,31-32H,8-9,11-12,15,30H2,1-2H3. The van der Waals surface area contributed by atoms with Gasteiger partial charge in [-0.2, -0.15) is 0 Å². The minimum Gasteiger partial charge on any atom is -0.405 e. The van der Waals surface area contributed by atoms with Crippen molar-refractivity contribution < 1.29 is 17.9 Å². The second-order valence-electron chi connectivity index (χ2n) is 9.26. The maximum absolute atomic E-state index is 12.8. The third-order valence-corrected chi connectivity index (χ3v) is 7.14. The third kappa shape index (κ3) is 5.70. The van der Waals surface area contributed by atoms with Crippen molar-refractivity contribution in [1.29, 1.82) is 0 Å². The van der Waals surface area contributed by atoms with E-state index in [9.17, 15) is 13.2 Å². The first-order chi connectivity index (χ1) is 16.0. The van der Waals surface area contributed by atoms with Gasteiger partial charge in [-0.25, -0.2) is 0 Å². The molecule has 1 unspecified atom stereocenters. The van der Waals surface area contributed by atoms with Gasteiger partial charge < -0.3 is 26.0 Å². The van der Waals surface area contributed by atoms with Crippen molar-refractivity contribution in [3.63, 3.8) is 0 Å². The van der Waals surface area contributed by atoms with Gasteiger partial charge in [-0.15, -0.1) is 13.2 Å². The monoisotopic (exact) mass is 538 g/mol. The normalized spacial score (nSPS) is 24.6. The van der Waals surface area contributed by atoms with Crippen LogP contribution in [0.3, 0.4) is 0 Å². The molecule has 0 aromatic heterocycles. The fraction of sp³-hybridized carbons (Fsp3) is 0.440. The van der Waals surface area contributed by atoms with Gasteiger partial charge in [0.15, 0.2) is 0 Å². The highest BCUT2D eigenvalue weighted by molar-refractivity contribution is 9.10. The quantitative estimate of drug-likeness (QED) is 0.441. The van der Waals surface area contributed by atoms with Crippen molar-refractivity contribution in [3.05, 3.63) is 64.1 Å². The van der Waals surface area contributed by atoms with Crippen LogP contribution in [0.4, 0.5) is 18.9 Å². The summed E-state index contributed by atoms with van der Waals surface area (Å²) in [7, 11) is 4.04.